The van der Waals surface area contributed by atoms with Crippen molar-refractivity contribution >= 4 is 50.9 Å². The number of thiophene rings is 1. The van der Waals surface area contributed by atoms with Crippen LogP contribution in [0.3, 0.4) is 0 Å². The molecule has 164 valence electrons. The molecule has 0 amide bonds. The lowest BCUT2D eigenvalue weighted by molar-refractivity contribution is -0.140. The van der Waals surface area contributed by atoms with Gasteiger partial charge in [-0.1, -0.05) is 47.6 Å². The minimum absolute atomic E-state index is 0.153. The molecule has 32 heavy (non-hydrogen) atoms. The van der Waals surface area contributed by atoms with Crippen molar-refractivity contribution in [2.45, 2.75) is 31.2 Å². The Labute approximate surface area is 199 Å². The minimum Gasteiger partial charge on any atom is -0.468 e. The Morgan fingerprint density at radius 1 is 1.16 bits per heavy atom. The molecule has 0 N–H and O–H groups in total. The Bertz CT molecular complexity index is 1390. The van der Waals surface area contributed by atoms with Gasteiger partial charge in [-0.25, -0.2) is 4.98 Å². The fourth-order valence-corrected chi connectivity index (χ4v) is 5.88. The van der Waals surface area contributed by atoms with Gasteiger partial charge in [0.05, 0.1) is 18.2 Å². The normalized spacial score (nSPS) is 12.2. The second kappa shape index (κ2) is 9.10. The van der Waals surface area contributed by atoms with E-state index in [1.807, 2.05) is 51.1 Å². The highest BCUT2D eigenvalue weighted by molar-refractivity contribution is 8.00. The van der Waals surface area contributed by atoms with Crippen molar-refractivity contribution in [1.82, 2.24) is 9.55 Å². The van der Waals surface area contributed by atoms with Gasteiger partial charge in [0.1, 0.15) is 10.1 Å². The van der Waals surface area contributed by atoms with Gasteiger partial charge in [0.25, 0.3) is 5.56 Å². The number of ether oxygens (including phenoxy) is 1. The molecule has 4 rings (SSSR count). The molecule has 0 spiro atoms. The predicted molar refractivity (Wildman–Crippen MR) is 131 cm³/mol. The third-order valence-corrected chi connectivity index (χ3v) is 7.74. The maximum absolute atomic E-state index is 13.7. The molecule has 8 heteroatoms. The van der Waals surface area contributed by atoms with Crippen molar-refractivity contribution in [2.24, 2.45) is 0 Å². The molecule has 2 aromatic carbocycles. The van der Waals surface area contributed by atoms with Crippen molar-refractivity contribution in [3.8, 4) is 5.69 Å². The number of esters is 1. The van der Waals surface area contributed by atoms with Gasteiger partial charge in [0.2, 0.25) is 0 Å². The van der Waals surface area contributed by atoms with Gasteiger partial charge in [-0.15, -0.1) is 11.3 Å². The highest BCUT2D eigenvalue weighted by Crippen LogP contribution is 2.38. The van der Waals surface area contributed by atoms with E-state index in [1.165, 1.54) is 30.2 Å². The fourth-order valence-electron chi connectivity index (χ4n) is 3.48. The van der Waals surface area contributed by atoms with Crippen molar-refractivity contribution in [2.75, 3.05) is 7.11 Å². The van der Waals surface area contributed by atoms with Crippen molar-refractivity contribution in [3.63, 3.8) is 0 Å². The average molecular weight is 485 g/mol. The molecule has 0 radical (unpaired) electrons. The van der Waals surface area contributed by atoms with Crippen LogP contribution in [-0.2, 0) is 9.53 Å². The molecule has 0 fully saturated rings. The largest absolute Gasteiger partial charge is 0.468 e. The number of hydrogen-bond acceptors (Lipinski definition) is 6. The van der Waals surface area contributed by atoms with Gasteiger partial charge < -0.3 is 4.74 Å². The maximum Gasteiger partial charge on any atom is 0.323 e. The molecule has 0 saturated carbocycles. The fraction of sp³-hybridized carbons (Fsp3) is 0.208. The van der Waals surface area contributed by atoms with Crippen LogP contribution in [0.4, 0.5) is 0 Å². The highest BCUT2D eigenvalue weighted by Gasteiger charge is 2.27. The average Bonchev–Trinajstić information content (AvgIpc) is 3.05. The molecule has 1 unspecified atom stereocenters. The summed E-state index contributed by atoms with van der Waals surface area (Å²) in [5, 5.41) is 0.808. The number of methoxy groups -OCH3 is 1. The molecule has 0 aliphatic heterocycles. The number of fused-ring (bicyclic) bond motifs is 1. The lowest BCUT2D eigenvalue weighted by Gasteiger charge is -2.18. The number of benzene rings is 2. The summed E-state index contributed by atoms with van der Waals surface area (Å²) in [7, 11) is 1.34. The second-order valence-electron chi connectivity index (χ2n) is 7.41. The van der Waals surface area contributed by atoms with E-state index in [0.717, 1.165) is 16.0 Å². The van der Waals surface area contributed by atoms with E-state index in [9.17, 15) is 9.59 Å². The summed E-state index contributed by atoms with van der Waals surface area (Å²) in [6.07, 6.45) is 0. The number of carbonyl (C=O) groups is 1. The van der Waals surface area contributed by atoms with Crippen LogP contribution >= 0.6 is 34.7 Å². The van der Waals surface area contributed by atoms with Crippen LogP contribution < -0.4 is 5.56 Å². The smallest absolute Gasteiger partial charge is 0.323 e. The van der Waals surface area contributed by atoms with Crippen molar-refractivity contribution in [1.29, 1.82) is 0 Å². The highest BCUT2D eigenvalue weighted by atomic mass is 35.5. The van der Waals surface area contributed by atoms with Crippen LogP contribution in [0.2, 0.25) is 5.02 Å². The summed E-state index contributed by atoms with van der Waals surface area (Å²) in [6, 6.07) is 14.7. The monoisotopic (exact) mass is 484 g/mol. The standard InChI is InChI=1S/C24H21ClN2O3S2/c1-13-7-5-10-18(11-13)27-22(28)19-14(2)15(3)31-21(19)26-24(27)32-20(23(29)30-4)16-8-6-9-17(25)12-16/h5-12,20H,1-4H3. The van der Waals surface area contributed by atoms with Gasteiger partial charge >= 0.3 is 5.97 Å². The zero-order chi connectivity index (χ0) is 23.0. The molecule has 5 nitrogen and oxygen atoms in total. The Hall–Kier alpha value is -2.61. The van der Waals surface area contributed by atoms with E-state index < -0.39 is 11.2 Å². The molecule has 0 saturated heterocycles. The van der Waals surface area contributed by atoms with Crippen molar-refractivity contribution < 1.29 is 9.53 Å². The number of aromatic nitrogens is 2. The maximum atomic E-state index is 13.7. The minimum atomic E-state index is -0.735. The van der Waals surface area contributed by atoms with Crippen LogP contribution in [-0.4, -0.2) is 22.6 Å². The third-order valence-electron chi connectivity index (χ3n) is 5.22. The van der Waals surface area contributed by atoms with Crippen LogP contribution in [0.25, 0.3) is 15.9 Å². The summed E-state index contributed by atoms with van der Waals surface area (Å²) in [4.78, 5) is 33.0. The lowest BCUT2D eigenvalue weighted by Crippen LogP contribution is -2.23. The molecular weight excluding hydrogens is 464 g/mol. The molecule has 2 aromatic heterocycles. The van der Waals surface area contributed by atoms with Crippen LogP contribution in [0.1, 0.15) is 26.8 Å². The second-order valence-corrected chi connectivity index (χ2v) is 10.1. The molecule has 0 bridgehead atoms. The van der Waals surface area contributed by atoms with Crippen LogP contribution in [0, 0.1) is 20.8 Å². The summed E-state index contributed by atoms with van der Waals surface area (Å²) in [5.41, 5.74) is 3.17. The summed E-state index contributed by atoms with van der Waals surface area (Å²) < 4.78 is 6.65. The quantitative estimate of drug-likeness (QED) is 0.196. The predicted octanol–water partition coefficient (Wildman–Crippen LogP) is 6.03. The topological polar surface area (TPSA) is 61.2 Å². The first-order valence-electron chi connectivity index (χ1n) is 9.90. The van der Waals surface area contributed by atoms with Crippen molar-refractivity contribution in [3.05, 3.63) is 85.5 Å². The molecule has 0 aliphatic rings. The molecule has 2 heterocycles. The molecule has 0 aliphatic carbocycles. The van der Waals surface area contributed by atoms with Gasteiger partial charge in [0, 0.05) is 9.90 Å². The number of halogens is 1. The first-order chi connectivity index (χ1) is 15.3. The van der Waals surface area contributed by atoms with Gasteiger partial charge in [0.15, 0.2) is 5.16 Å². The SMILES string of the molecule is COC(=O)C(Sc1nc2sc(C)c(C)c2c(=O)n1-c1cccc(C)c1)c1cccc(Cl)c1. The molecular formula is C24H21ClN2O3S2. The van der Waals surface area contributed by atoms with Gasteiger partial charge in [-0.3, -0.25) is 14.2 Å². The van der Waals surface area contributed by atoms with E-state index in [2.05, 4.69) is 0 Å². The summed E-state index contributed by atoms with van der Waals surface area (Å²) >= 11 is 8.84. The Morgan fingerprint density at radius 3 is 2.59 bits per heavy atom. The van der Waals surface area contributed by atoms with E-state index in [1.54, 1.807) is 22.8 Å². The number of rotatable bonds is 5. The van der Waals surface area contributed by atoms with E-state index in [-0.39, 0.29) is 5.56 Å². The molecule has 4 aromatic rings. The number of thioether (sulfide) groups is 1. The van der Waals surface area contributed by atoms with Gasteiger partial charge in [-0.2, -0.15) is 0 Å². The molecule has 1 atom stereocenters. The van der Waals surface area contributed by atoms with E-state index in [4.69, 9.17) is 21.3 Å². The first-order valence-corrected chi connectivity index (χ1v) is 12.0. The Morgan fingerprint density at radius 2 is 1.91 bits per heavy atom. The zero-order valence-corrected chi connectivity index (χ0v) is 20.4. The Kier molecular flexibility index (Phi) is 6.42. The number of carbonyl (C=O) groups excluding carboxylic acids is 1. The Balaban J connectivity index is 1.97. The van der Waals surface area contributed by atoms with Crippen LogP contribution in [0.5, 0.6) is 0 Å². The third kappa shape index (κ3) is 4.20. The summed E-state index contributed by atoms with van der Waals surface area (Å²) in [6.45, 7) is 5.89. The van der Waals surface area contributed by atoms with Gasteiger partial charge in [-0.05, 0) is 61.7 Å². The first kappa shape index (κ1) is 22.6. The zero-order valence-electron chi connectivity index (χ0n) is 18.0. The lowest BCUT2D eigenvalue weighted by atomic mass is 10.1. The van der Waals surface area contributed by atoms with E-state index >= 15 is 0 Å². The van der Waals surface area contributed by atoms with E-state index in [0.29, 0.717) is 31.6 Å². The van der Waals surface area contributed by atoms with Crippen LogP contribution in [0.15, 0.2) is 58.5 Å². The number of hydrogen-bond donors (Lipinski definition) is 0. The number of aryl methyl sites for hydroxylation is 3. The number of nitrogens with zero attached hydrogens (tertiary/aromatic N) is 2. The summed E-state index contributed by atoms with van der Waals surface area (Å²) in [5.74, 6) is -0.444.